The molecule has 20 heavy (non-hydrogen) atoms. The topological polar surface area (TPSA) is 58.6 Å². The number of ether oxygens (including phenoxy) is 1. The third-order valence-corrected chi connectivity index (χ3v) is 3.09. The van der Waals surface area contributed by atoms with E-state index in [1.54, 1.807) is 0 Å². The Morgan fingerprint density at radius 1 is 1.40 bits per heavy atom. The molecule has 0 saturated heterocycles. The third-order valence-electron chi connectivity index (χ3n) is 3.09. The Morgan fingerprint density at radius 3 is 2.85 bits per heavy atom. The summed E-state index contributed by atoms with van der Waals surface area (Å²) in [6, 6.07) is 6.01. The molecule has 4 nitrogen and oxygen atoms in total. The highest BCUT2D eigenvalue weighted by molar-refractivity contribution is 5.76. The van der Waals surface area contributed by atoms with Gasteiger partial charge < -0.3 is 15.2 Å². The summed E-state index contributed by atoms with van der Waals surface area (Å²) in [5.74, 6) is 0.731. The van der Waals surface area contributed by atoms with Crippen molar-refractivity contribution in [2.24, 2.45) is 0 Å². The number of aryl methyl sites for hydroxylation is 2. The van der Waals surface area contributed by atoms with Gasteiger partial charge in [-0.05, 0) is 37.5 Å². The van der Waals surface area contributed by atoms with Crippen molar-refractivity contribution in [2.75, 3.05) is 13.2 Å². The summed E-state index contributed by atoms with van der Waals surface area (Å²) in [4.78, 5) is 11.6. The van der Waals surface area contributed by atoms with E-state index >= 15 is 0 Å². The van der Waals surface area contributed by atoms with Crippen molar-refractivity contribution >= 4 is 5.91 Å². The fourth-order valence-electron chi connectivity index (χ4n) is 1.87. The molecule has 0 aromatic heterocycles. The lowest BCUT2D eigenvalue weighted by Crippen LogP contribution is -2.32. The molecule has 1 atom stereocenters. The van der Waals surface area contributed by atoms with Crippen LogP contribution in [-0.2, 0) is 4.79 Å². The highest BCUT2D eigenvalue weighted by Gasteiger charge is 2.07. The zero-order chi connectivity index (χ0) is 15.0. The Hall–Kier alpha value is -1.55. The van der Waals surface area contributed by atoms with E-state index in [0.29, 0.717) is 26.0 Å². The number of carbonyl (C=O) groups excluding carboxylic acids is 1. The second-order valence-electron chi connectivity index (χ2n) is 5.11. The van der Waals surface area contributed by atoms with E-state index in [1.165, 1.54) is 0 Å². The van der Waals surface area contributed by atoms with E-state index in [2.05, 4.69) is 5.32 Å². The molecule has 0 radical (unpaired) electrons. The number of benzene rings is 1. The van der Waals surface area contributed by atoms with E-state index in [9.17, 15) is 9.90 Å². The fraction of sp³-hybridized carbons (Fsp3) is 0.562. The maximum Gasteiger partial charge on any atom is 0.223 e. The molecule has 0 spiro atoms. The standard InChI is InChI=1S/C16H25NO3/c1-4-5-14(18)11-17-16(19)8-9-20-15-10-12(2)6-7-13(15)3/h6-7,10,14,18H,4-5,8-9,11H2,1-3H3,(H,17,19). The number of rotatable bonds is 8. The molecule has 1 unspecified atom stereocenters. The summed E-state index contributed by atoms with van der Waals surface area (Å²) in [5.41, 5.74) is 2.20. The quantitative estimate of drug-likeness (QED) is 0.768. The lowest BCUT2D eigenvalue weighted by Gasteiger charge is -2.12. The summed E-state index contributed by atoms with van der Waals surface area (Å²) in [6.07, 6.45) is 1.46. The van der Waals surface area contributed by atoms with Crippen LogP contribution in [0, 0.1) is 13.8 Å². The molecule has 1 amide bonds. The molecule has 1 aromatic carbocycles. The maximum atomic E-state index is 11.6. The van der Waals surface area contributed by atoms with Gasteiger partial charge in [0.25, 0.3) is 0 Å². The molecule has 2 N–H and O–H groups in total. The first-order valence-corrected chi connectivity index (χ1v) is 7.17. The molecule has 0 heterocycles. The van der Waals surface area contributed by atoms with Crippen molar-refractivity contribution in [3.63, 3.8) is 0 Å². The van der Waals surface area contributed by atoms with E-state index in [-0.39, 0.29) is 5.91 Å². The molecule has 0 bridgehead atoms. The summed E-state index contributed by atoms with van der Waals surface area (Å²) in [5, 5.41) is 12.2. The van der Waals surface area contributed by atoms with Crippen LogP contribution >= 0.6 is 0 Å². The van der Waals surface area contributed by atoms with Gasteiger partial charge >= 0.3 is 0 Å². The predicted molar refractivity (Wildman–Crippen MR) is 80.0 cm³/mol. The number of aliphatic hydroxyl groups excluding tert-OH is 1. The first-order valence-electron chi connectivity index (χ1n) is 7.17. The van der Waals surface area contributed by atoms with Crippen molar-refractivity contribution in [3.8, 4) is 5.75 Å². The number of carbonyl (C=O) groups is 1. The Labute approximate surface area is 121 Å². The van der Waals surface area contributed by atoms with Crippen LogP contribution in [0.2, 0.25) is 0 Å². The van der Waals surface area contributed by atoms with Gasteiger partial charge in [0, 0.05) is 6.54 Å². The number of hydrogen-bond acceptors (Lipinski definition) is 3. The highest BCUT2D eigenvalue weighted by atomic mass is 16.5. The monoisotopic (exact) mass is 279 g/mol. The molecular weight excluding hydrogens is 254 g/mol. The van der Waals surface area contributed by atoms with Crippen molar-refractivity contribution in [2.45, 2.75) is 46.1 Å². The van der Waals surface area contributed by atoms with Gasteiger partial charge in [0.15, 0.2) is 0 Å². The molecule has 4 heteroatoms. The van der Waals surface area contributed by atoms with Gasteiger partial charge in [-0.1, -0.05) is 25.5 Å². The predicted octanol–water partition coefficient (Wildman–Crippen LogP) is 2.35. The molecule has 1 rings (SSSR count). The minimum absolute atomic E-state index is 0.0922. The summed E-state index contributed by atoms with van der Waals surface area (Å²) >= 11 is 0. The second-order valence-corrected chi connectivity index (χ2v) is 5.11. The van der Waals surface area contributed by atoms with Gasteiger partial charge in [-0.15, -0.1) is 0 Å². The number of hydrogen-bond donors (Lipinski definition) is 2. The van der Waals surface area contributed by atoms with Crippen LogP contribution in [0.15, 0.2) is 18.2 Å². The van der Waals surface area contributed by atoms with E-state index in [1.807, 2.05) is 39.0 Å². The van der Waals surface area contributed by atoms with Gasteiger partial charge in [-0.2, -0.15) is 0 Å². The van der Waals surface area contributed by atoms with Crippen molar-refractivity contribution in [1.82, 2.24) is 5.32 Å². The van der Waals surface area contributed by atoms with Gasteiger partial charge in [-0.3, -0.25) is 4.79 Å². The zero-order valence-electron chi connectivity index (χ0n) is 12.6. The second kappa shape index (κ2) is 8.59. The molecule has 0 aliphatic carbocycles. The number of amides is 1. The molecule has 0 fully saturated rings. The maximum absolute atomic E-state index is 11.6. The highest BCUT2D eigenvalue weighted by Crippen LogP contribution is 2.19. The Morgan fingerprint density at radius 2 is 2.15 bits per heavy atom. The zero-order valence-corrected chi connectivity index (χ0v) is 12.6. The van der Waals surface area contributed by atoms with Gasteiger partial charge in [0.1, 0.15) is 5.75 Å². The number of nitrogens with one attached hydrogen (secondary N) is 1. The Kier molecular flexibility index (Phi) is 7.09. The number of aliphatic hydroxyl groups is 1. The van der Waals surface area contributed by atoms with E-state index in [0.717, 1.165) is 23.3 Å². The molecule has 112 valence electrons. The lowest BCUT2D eigenvalue weighted by atomic mass is 10.1. The lowest BCUT2D eigenvalue weighted by molar-refractivity contribution is -0.122. The average molecular weight is 279 g/mol. The first kappa shape index (κ1) is 16.5. The average Bonchev–Trinajstić information content (AvgIpc) is 2.41. The van der Waals surface area contributed by atoms with Crippen molar-refractivity contribution in [3.05, 3.63) is 29.3 Å². The summed E-state index contributed by atoms with van der Waals surface area (Å²) < 4.78 is 5.62. The molecule has 1 aromatic rings. The van der Waals surface area contributed by atoms with Crippen LogP contribution in [0.4, 0.5) is 0 Å². The smallest absolute Gasteiger partial charge is 0.223 e. The largest absolute Gasteiger partial charge is 0.493 e. The van der Waals surface area contributed by atoms with Crippen LogP contribution in [0.1, 0.15) is 37.3 Å². The van der Waals surface area contributed by atoms with Gasteiger partial charge in [0.05, 0.1) is 19.1 Å². The van der Waals surface area contributed by atoms with Crippen molar-refractivity contribution in [1.29, 1.82) is 0 Å². The van der Waals surface area contributed by atoms with Crippen LogP contribution in [-0.4, -0.2) is 30.3 Å². The van der Waals surface area contributed by atoms with E-state index in [4.69, 9.17) is 4.74 Å². The minimum atomic E-state index is -0.455. The van der Waals surface area contributed by atoms with Crippen LogP contribution in [0.5, 0.6) is 5.75 Å². The normalized spacial score (nSPS) is 12.0. The molecular formula is C16H25NO3. The van der Waals surface area contributed by atoms with Crippen LogP contribution in [0.25, 0.3) is 0 Å². The molecule has 0 aliphatic rings. The SMILES string of the molecule is CCCC(O)CNC(=O)CCOc1cc(C)ccc1C. The van der Waals surface area contributed by atoms with E-state index < -0.39 is 6.10 Å². The fourth-order valence-corrected chi connectivity index (χ4v) is 1.87. The van der Waals surface area contributed by atoms with Crippen LogP contribution < -0.4 is 10.1 Å². The van der Waals surface area contributed by atoms with Crippen LogP contribution in [0.3, 0.4) is 0 Å². The molecule has 0 saturated carbocycles. The third kappa shape index (κ3) is 6.06. The van der Waals surface area contributed by atoms with Gasteiger partial charge in [0.2, 0.25) is 5.91 Å². The summed E-state index contributed by atoms with van der Waals surface area (Å²) in [7, 11) is 0. The molecule has 0 aliphatic heterocycles. The van der Waals surface area contributed by atoms with Gasteiger partial charge in [-0.25, -0.2) is 0 Å². The summed E-state index contributed by atoms with van der Waals surface area (Å²) in [6.45, 7) is 6.66. The minimum Gasteiger partial charge on any atom is -0.493 e. The first-order chi connectivity index (χ1) is 9.52. The Balaban J connectivity index is 2.26. The van der Waals surface area contributed by atoms with Crippen molar-refractivity contribution < 1.29 is 14.6 Å². The Bertz CT molecular complexity index is 432.